The summed E-state index contributed by atoms with van der Waals surface area (Å²) in [5.74, 6) is -0.0546. The molecule has 6 nitrogen and oxygen atoms in total. The van der Waals surface area contributed by atoms with Crippen LogP contribution in [-0.4, -0.2) is 24.1 Å². The molecular weight excluding hydrogens is 294 g/mol. The van der Waals surface area contributed by atoms with Crippen LogP contribution in [0.1, 0.15) is 35.9 Å². The maximum absolute atomic E-state index is 11.8. The van der Waals surface area contributed by atoms with Gasteiger partial charge in [0.15, 0.2) is 5.76 Å². The number of hydrogen-bond acceptors (Lipinski definition) is 4. The van der Waals surface area contributed by atoms with Crippen LogP contribution in [0.25, 0.3) is 0 Å². The highest BCUT2D eigenvalue weighted by Gasteiger charge is 2.21. The third-order valence-corrected chi connectivity index (χ3v) is 3.72. The van der Waals surface area contributed by atoms with Gasteiger partial charge in [-0.1, -0.05) is 12.1 Å². The number of amides is 2. The monoisotopic (exact) mass is 311 g/mol. The fraction of sp³-hybridized carbons (Fsp3) is 0.235. The molecule has 23 heavy (non-hydrogen) atoms. The number of anilines is 1. The topological polar surface area (TPSA) is 74.9 Å². The van der Waals surface area contributed by atoms with Crippen molar-refractivity contribution in [1.82, 2.24) is 5.43 Å². The normalized spacial score (nSPS) is 15.1. The van der Waals surface area contributed by atoms with E-state index in [0.29, 0.717) is 12.1 Å². The van der Waals surface area contributed by atoms with Gasteiger partial charge >= 0.3 is 5.91 Å². The van der Waals surface area contributed by atoms with Crippen molar-refractivity contribution in [3.8, 4) is 0 Å². The number of rotatable bonds is 4. The third kappa shape index (κ3) is 3.31. The highest BCUT2D eigenvalue weighted by molar-refractivity contribution is 6.02. The predicted molar refractivity (Wildman–Crippen MR) is 86.4 cm³/mol. The second-order valence-electron chi connectivity index (χ2n) is 5.31. The lowest BCUT2D eigenvalue weighted by atomic mass is 10.1. The number of hydrazone groups is 1. The minimum atomic E-state index is -0.403. The number of carbonyl (C=O) groups excluding carboxylic acids is 2. The van der Waals surface area contributed by atoms with Gasteiger partial charge in [0.2, 0.25) is 5.91 Å². The van der Waals surface area contributed by atoms with Crippen molar-refractivity contribution in [2.45, 2.75) is 19.8 Å². The fourth-order valence-corrected chi connectivity index (χ4v) is 2.48. The highest BCUT2D eigenvalue weighted by atomic mass is 16.3. The van der Waals surface area contributed by atoms with Gasteiger partial charge in [0.1, 0.15) is 0 Å². The van der Waals surface area contributed by atoms with Crippen molar-refractivity contribution >= 4 is 23.2 Å². The molecule has 1 N–H and O–H groups in total. The summed E-state index contributed by atoms with van der Waals surface area (Å²) in [5, 5.41) is 4.09. The Bertz CT molecular complexity index is 750. The van der Waals surface area contributed by atoms with Crippen molar-refractivity contribution in [2.75, 3.05) is 11.4 Å². The van der Waals surface area contributed by atoms with E-state index in [-0.39, 0.29) is 11.7 Å². The average molecular weight is 311 g/mol. The number of hydrogen-bond donors (Lipinski definition) is 1. The number of benzene rings is 1. The minimum Gasteiger partial charge on any atom is -0.459 e. The molecule has 0 unspecified atom stereocenters. The smallest absolute Gasteiger partial charge is 0.307 e. The van der Waals surface area contributed by atoms with Crippen LogP contribution in [0.15, 0.2) is 52.2 Å². The van der Waals surface area contributed by atoms with E-state index in [4.69, 9.17) is 4.42 Å². The van der Waals surface area contributed by atoms with Crippen LogP contribution in [0.4, 0.5) is 5.69 Å². The molecule has 0 radical (unpaired) electrons. The lowest BCUT2D eigenvalue weighted by molar-refractivity contribution is -0.117. The Hall–Kier alpha value is -2.89. The zero-order valence-corrected chi connectivity index (χ0v) is 12.8. The van der Waals surface area contributed by atoms with Gasteiger partial charge in [-0.05, 0) is 43.2 Å². The van der Waals surface area contributed by atoms with Gasteiger partial charge in [-0.3, -0.25) is 9.59 Å². The zero-order valence-electron chi connectivity index (χ0n) is 12.8. The molecule has 0 spiro atoms. The van der Waals surface area contributed by atoms with Crippen molar-refractivity contribution in [1.29, 1.82) is 0 Å². The van der Waals surface area contributed by atoms with E-state index in [2.05, 4.69) is 10.5 Å². The van der Waals surface area contributed by atoms with Gasteiger partial charge in [0.05, 0.1) is 12.0 Å². The molecule has 2 heterocycles. The van der Waals surface area contributed by atoms with Crippen LogP contribution in [0.3, 0.4) is 0 Å². The first-order valence-electron chi connectivity index (χ1n) is 7.44. The van der Waals surface area contributed by atoms with Crippen LogP contribution >= 0.6 is 0 Å². The summed E-state index contributed by atoms with van der Waals surface area (Å²) < 4.78 is 5.01. The van der Waals surface area contributed by atoms with Crippen LogP contribution < -0.4 is 10.3 Å². The molecule has 0 bridgehead atoms. The predicted octanol–water partition coefficient (Wildman–Crippen LogP) is 2.56. The van der Waals surface area contributed by atoms with E-state index >= 15 is 0 Å². The van der Waals surface area contributed by atoms with Gasteiger partial charge in [-0.15, -0.1) is 0 Å². The lowest BCUT2D eigenvalue weighted by Crippen LogP contribution is -2.24. The Kier molecular flexibility index (Phi) is 4.23. The van der Waals surface area contributed by atoms with Gasteiger partial charge in [0, 0.05) is 18.7 Å². The summed E-state index contributed by atoms with van der Waals surface area (Å²) in [4.78, 5) is 25.4. The summed E-state index contributed by atoms with van der Waals surface area (Å²) in [6.45, 7) is 2.54. The zero-order chi connectivity index (χ0) is 16.2. The second kappa shape index (κ2) is 6.48. The van der Waals surface area contributed by atoms with Crippen LogP contribution in [0.2, 0.25) is 0 Å². The Morgan fingerprint density at radius 1 is 1.30 bits per heavy atom. The Morgan fingerprint density at radius 3 is 2.87 bits per heavy atom. The Labute approximate surface area is 133 Å². The molecule has 0 aliphatic carbocycles. The van der Waals surface area contributed by atoms with E-state index < -0.39 is 5.91 Å². The van der Waals surface area contributed by atoms with Crippen molar-refractivity contribution in [2.24, 2.45) is 5.10 Å². The summed E-state index contributed by atoms with van der Waals surface area (Å²) in [7, 11) is 0. The van der Waals surface area contributed by atoms with E-state index in [9.17, 15) is 9.59 Å². The lowest BCUT2D eigenvalue weighted by Gasteiger charge is -2.16. The van der Waals surface area contributed by atoms with Gasteiger partial charge in [-0.2, -0.15) is 5.10 Å². The number of nitrogens with zero attached hydrogens (tertiary/aromatic N) is 2. The minimum absolute atomic E-state index is 0.142. The summed E-state index contributed by atoms with van der Waals surface area (Å²) >= 11 is 0. The molecule has 6 heteroatoms. The molecule has 2 aromatic rings. The van der Waals surface area contributed by atoms with Gasteiger partial charge in [0.25, 0.3) is 0 Å². The summed E-state index contributed by atoms with van der Waals surface area (Å²) in [5.41, 5.74) is 4.81. The maximum Gasteiger partial charge on any atom is 0.307 e. The molecular formula is C17H17N3O3. The maximum atomic E-state index is 11.8. The molecule has 1 aromatic heterocycles. The molecule has 1 aliphatic rings. The number of furan rings is 1. The number of nitrogens with one attached hydrogen (secondary N) is 1. The quantitative estimate of drug-likeness (QED) is 0.696. The molecule has 2 amide bonds. The van der Waals surface area contributed by atoms with Crippen molar-refractivity contribution < 1.29 is 14.0 Å². The Morgan fingerprint density at radius 2 is 2.17 bits per heavy atom. The van der Waals surface area contributed by atoms with E-state index in [1.54, 1.807) is 24.0 Å². The van der Waals surface area contributed by atoms with E-state index in [1.165, 1.54) is 6.26 Å². The molecule has 1 aromatic carbocycles. The van der Waals surface area contributed by atoms with Crippen LogP contribution in [0, 0.1) is 0 Å². The summed E-state index contributed by atoms with van der Waals surface area (Å²) in [6.07, 6.45) is 2.91. The van der Waals surface area contributed by atoms with Crippen LogP contribution in [0.5, 0.6) is 0 Å². The SMILES string of the molecule is C/C(=N/NC(=O)c1ccco1)c1cccc(N2CCCC2=O)c1. The molecule has 3 rings (SSSR count). The average Bonchev–Trinajstić information content (AvgIpc) is 3.24. The van der Waals surface area contributed by atoms with Gasteiger partial charge < -0.3 is 9.32 Å². The van der Waals surface area contributed by atoms with E-state index in [1.807, 2.05) is 24.3 Å². The van der Waals surface area contributed by atoms with E-state index in [0.717, 1.165) is 24.2 Å². The first kappa shape index (κ1) is 15.0. The van der Waals surface area contributed by atoms with Gasteiger partial charge in [-0.25, -0.2) is 5.43 Å². The molecule has 1 aliphatic heterocycles. The molecule has 1 fully saturated rings. The highest BCUT2D eigenvalue weighted by Crippen LogP contribution is 2.22. The Balaban J connectivity index is 1.74. The molecule has 1 saturated heterocycles. The van der Waals surface area contributed by atoms with Crippen molar-refractivity contribution in [3.63, 3.8) is 0 Å². The second-order valence-corrected chi connectivity index (χ2v) is 5.31. The van der Waals surface area contributed by atoms with Crippen LogP contribution in [-0.2, 0) is 4.79 Å². The first-order chi connectivity index (χ1) is 11.1. The largest absolute Gasteiger partial charge is 0.459 e. The fourth-order valence-electron chi connectivity index (χ4n) is 2.48. The molecule has 0 atom stereocenters. The standard InChI is InChI=1S/C17H17N3O3/c1-12(18-19-17(22)15-7-4-10-23-15)13-5-2-6-14(11-13)20-9-3-8-16(20)21/h2,4-7,10-11H,3,8-9H2,1H3,(H,19,22)/b18-12-. The summed E-state index contributed by atoms with van der Waals surface area (Å²) in [6, 6.07) is 10.8. The molecule has 118 valence electrons. The first-order valence-corrected chi connectivity index (χ1v) is 7.44. The number of carbonyl (C=O) groups is 2. The third-order valence-electron chi connectivity index (χ3n) is 3.72. The molecule has 0 saturated carbocycles. The van der Waals surface area contributed by atoms with Crippen molar-refractivity contribution in [3.05, 3.63) is 54.0 Å².